The van der Waals surface area contributed by atoms with E-state index in [1.165, 1.54) is 20.2 Å². The van der Waals surface area contributed by atoms with Gasteiger partial charge in [-0.05, 0) is 46.6 Å². The molecule has 2 aromatic rings. The van der Waals surface area contributed by atoms with Gasteiger partial charge < -0.3 is 5.32 Å². The van der Waals surface area contributed by atoms with Gasteiger partial charge in [0.05, 0.1) is 10.9 Å². The Bertz CT molecular complexity index is 836. The zero-order chi connectivity index (χ0) is 17.9. The van der Waals surface area contributed by atoms with Gasteiger partial charge >= 0.3 is 0 Å². The van der Waals surface area contributed by atoms with Gasteiger partial charge in [0.2, 0.25) is 10.0 Å². The van der Waals surface area contributed by atoms with E-state index in [1.807, 2.05) is 37.3 Å². The lowest BCUT2D eigenvalue weighted by molar-refractivity contribution is 0.0939. The van der Waals surface area contributed by atoms with Crippen molar-refractivity contribution in [3.05, 3.63) is 64.1 Å². The summed E-state index contributed by atoms with van der Waals surface area (Å²) in [7, 11) is -0.737. The van der Waals surface area contributed by atoms with E-state index in [9.17, 15) is 13.2 Å². The van der Waals surface area contributed by atoms with Gasteiger partial charge in [-0.25, -0.2) is 12.7 Å². The monoisotopic (exact) mass is 410 g/mol. The van der Waals surface area contributed by atoms with E-state index in [4.69, 9.17) is 0 Å². The minimum atomic E-state index is -3.64. The van der Waals surface area contributed by atoms with Crippen LogP contribution < -0.4 is 5.32 Å². The molecule has 128 valence electrons. The molecule has 5 nitrogen and oxygen atoms in total. The third kappa shape index (κ3) is 4.03. The fourth-order valence-electron chi connectivity index (χ4n) is 2.14. The summed E-state index contributed by atoms with van der Waals surface area (Å²) in [5.41, 5.74) is 1.27. The van der Waals surface area contributed by atoms with Crippen LogP contribution in [0.25, 0.3) is 0 Å². The van der Waals surface area contributed by atoms with Crippen LogP contribution in [0.4, 0.5) is 0 Å². The molecule has 0 aliphatic rings. The molecule has 0 saturated carbocycles. The van der Waals surface area contributed by atoms with Crippen molar-refractivity contribution >= 4 is 31.9 Å². The van der Waals surface area contributed by atoms with Crippen molar-refractivity contribution in [2.75, 3.05) is 14.1 Å². The molecule has 1 amide bonds. The van der Waals surface area contributed by atoms with Gasteiger partial charge in [-0.2, -0.15) is 0 Å². The van der Waals surface area contributed by atoms with Crippen LogP contribution in [0.5, 0.6) is 0 Å². The van der Waals surface area contributed by atoms with Crippen LogP contribution in [-0.2, 0) is 10.0 Å². The van der Waals surface area contributed by atoms with E-state index in [0.717, 1.165) is 9.87 Å². The molecule has 0 fully saturated rings. The molecule has 7 heteroatoms. The van der Waals surface area contributed by atoms with Crippen molar-refractivity contribution in [1.29, 1.82) is 0 Å². The molecule has 0 aliphatic carbocycles. The number of carbonyl (C=O) groups is 1. The highest BCUT2D eigenvalue weighted by Crippen LogP contribution is 2.25. The van der Waals surface area contributed by atoms with Crippen LogP contribution in [0, 0.1) is 0 Å². The predicted molar refractivity (Wildman–Crippen MR) is 97.3 cm³/mol. The summed E-state index contributed by atoms with van der Waals surface area (Å²) >= 11 is 3.23. The Balaban J connectivity index is 2.28. The van der Waals surface area contributed by atoms with Gasteiger partial charge in [-0.3, -0.25) is 4.79 Å². The molecule has 0 bridgehead atoms. The molecular weight excluding hydrogens is 392 g/mol. The summed E-state index contributed by atoms with van der Waals surface area (Å²) in [5.74, 6) is -0.325. The lowest BCUT2D eigenvalue weighted by Gasteiger charge is -2.16. The van der Waals surface area contributed by atoms with Crippen molar-refractivity contribution in [3.8, 4) is 0 Å². The zero-order valence-corrected chi connectivity index (χ0v) is 16.1. The predicted octanol–water partition coefficient (Wildman–Crippen LogP) is 3.19. The number of hydrogen-bond donors (Lipinski definition) is 1. The van der Waals surface area contributed by atoms with Crippen LogP contribution >= 0.6 is 15.9 Å². The Labute approximate surface area is 150 Å². The normalized spacial score (nSPS) is 12.9. The average molecular weight is 411 g/mol. The van der Waals surface area contributed by atoms with E-state index in [2.05, 4.69) is 21.2 Å². The summed E-state index contributed by atoms with van der Waals surface area (Å²) in [6.45, 7) is 1.88. The van der Waals surface area contributed by atoms with Crippen molar-refractivity contribution in [2.24, 2.45) is 0 Å². The first-order valence-electron chi connectivity index (χ1n) is 7.31. The highest BCUT2D eigenvalue weighted by atomic mass is 79.9. The van der Waals surface area contributed by atoms with Crippen molar-refractivity contribution in [1.82, 2.24) is 9.62 Å². The van der Waals surface area contributed by atoms with Crippen LogP contribution in [-0.4, -0.2) is 32.7 Å². The molecule has 2 aromatic carbocycles. The van der Waals surface area contributed by atoms with Crippen molar-refractivity contribution in [2.45, 2.75) is 17.9 Å². The lowest BCUT2D eigenvalue weighted by atomic mass is 10.1. The number of halogens is 1. The SMILES string of the molecule is C[C@H](NC(=O)c1ccc(Br)c(S(=O)(=O)N(C)C)c1)c1ccccc1. The van der Waals surface area contributed by atoms with Gasteiger partial charge in [-0.15, -0.1) is 0 Å². The Morgan fingerprint density at radius 2 is 1.75 bits per heavy atom. The summed E-state index contributed by atoms with van der Waals surface area (Å²) in [6.07, 6.45) is 0. The number of rotatable bonds is 5. The minimum absolute atomic E-state index is 0.0625. The van der Waals surface area contributed by atoms with Gasteiger partial charge in [0, 0.05) is 24.1 Å². The van der Waals surface area contributed by atoms with Gasteiger partial charge in [0.15, 0.2) is 0 Å². The Kier molecular flexibility index (Phi) is 5.79. The number of carbonyl (C=O) groups excluding carboxylic acids is 1. The smallest absolute Gasteiger partial charge is 0.251 e. The largest absolute Gasteiger partial charge is 0.346 e. The third-order valence-corrected chi connectivity index (χ3v) is 6.41. The second kappa shape index (κ2) is 7.46. The maximum absolute atomic E-state index is 12.5. The molecule has 2 rings (SSSR count). The summed E-state index contributed by atoms with van der Waals surface area (Å²) in [5, 5.41) is 2.88. The second-order valence-corrected chi connectivity index (χ2v) is 8.51. The Morgan fingerprint density at radius 3 is 2.33 bits per heavy atom. The maximum atomic E-state index is 12.5. The standard InChI is InChI=1S/C17H19BrN2O3S/c1-12(13-7-5-4-6-8-13)19-17(21)14-9-10-15(18)16(11-14)24(22,23)20(2)3/h4-12H,1-3H3,(H,19,21)/t12-/m0/s1. The molecule has 0 unspecified atom stereocenters. The van der Waals surface area contributed by atoms with E-state index < -0.39 is 10.0 Å². The number of nitrogens with zero attached hydrogens (tertiary/aromatic N) is 1. The van der Waals surface area contributed by atoms with E-state index in [-0.39, 0.29) is 16.8 Å². The molecular formula is C17H19BrN2O3S. The third-order valence-electron chi connectivity index (χ3n) is 3.60. The Hall–Kier alpha value is -1.70. The molecule has 1 N–H and O–H groups in total. The molecule has 0 heterocycles. The van der Waals surface area contributed by atoms with Gasteiger partial charge in [0.1, 0.15) is 0 Å². The number of amides is 1. The molecule has 1 atom stereocenters. The number of nitrogens with one attached hydrogen (secondary N) is 1. The second-order valence-electron chi connectivity index (χ2n) is 5.54. The fourth-order valence-corrected chi connectivity index (χ4v) is 3.99. The molecule has 0 saturated heterocycles. The Morgan fingerprint density at radius 1 is 1.12 bits per heavy atom. The van der Waals surface area contributed by atoms with E-state index in [1.54, 1.807) is 12.1 Å². The van der Waals surface area contributed by atoms with Gasteiger partial charge in [-0.1, -0.05) is 30.3 Å². The topological polar surface area (TPSA) is 66.5 Å². The fraction of sp³-hybridized carbons (Fsp3) is 0.235. The molecule has 0 aliphatic heterocycles. The molecule has 0 radical (unpaired) electrons. The first-order chi connectivity index (χ1) is 11.2. The summed E-state index contributed by atoms with van der Waals surface area (Å²) in [6, 6.07) is 13.9. The molecule has 0 spiro atoms. The van der Waals surface area contributed by atoms with E-state index in [0.29, 0.717) is 10.0 Å². The first-order valence-corrected chi connectivity index (χ1v) is 9.54. The molecule has 0 aromatic heterocycles. The quantitative estimate of drug-likeness (QED) is 0.822. The van der Waals surface area contributed by atoms with Crippen LogP contribution in [0.15, 0.2) is 57.9 Å². The minimum Gasteiger partial charge on any atom is -0.346 e. The first kappa shape index (κ1) is 18.6. The molecule has 24 heavy (non-hydrogen) atoms. The van der Waals surface area contributed by atoms with Gasteiger partial charge in [0.25, 0.3) is 5.91 Å². The average Bonchev–Trinajstić information content (AvgIpc) is 2.55. The van der Waals surface area contributed by atoms with Crippen LogP contribution in [0.3, 0.4) is 0 Å². The van der Waals surface area contributed by atoms with Crippen molar-refractivity contribution in [3.63, 3.8) is 0 Å². The summed E-state index contributed by atoms with van der Waals surface area (Å²) < 4.78 is 26.2. The van der Waals surface area contributed by atoms with Crippen LogP contribution in [0.1, 0.15) is 28.9 Å². The number of benzene rings is 2. The van der Waals surface area contributed by atoms with E-state index >= 15 is 0 Å². The number of hydrogen-bond acceptors (Lipinski definition) is 3. The van der Waals surface area contributed by atoms with Crippen LogP contribution in [0.2, 0.25) is 0 Å². The lowest BCUT2D eigenvalue weighted by Crippen LogP contribution is -2.27. The summed E-state index contributed by atoms with van der Waals surface area (Å²) in [4.78, 5) is 12.5. The van der Waals surface area contributed by atoms with Crippen molar-refractivity contribution < 1.29 is 13.2 Å². The highest BCUT2D eigenvalue weighted by molar-refractivity contribution is 9.10. The highest BCUT2D eigenvalue weighted by Gasteiger charge is 2.22. The number of sulfonamides is 1. The maximum Gasteiger partial charge on any atom is 0.251 e. The zero-order valence-electron chi connectivity index (χ0n) is 13.7.